The molecule has 4 atom stereocenters. The predicted octanol–water partition coefficient (Wildman–Crippen LogP) is 2.19. The summed E-state index contributed by atoms with van der Waals surface area (Å²) >= 11 is 0. The van der Waals surface area contributed by atoms with E-state index in [1.807, 2.05) is 0 Å². The maximum absolute atomic E-state index is 13.3. The molecule has 3 bridgehead atoms. The second-order valence-electron chi connectivity index (χ2n) is 7.32. The highest BCUT2D eigenvalue weighted by Crippen LogP contribution is 2.57. The van der Waals surface area contributed by atoms with E-state index in [2.05, 4.69) is 5.32 Å². The molecule has 0 aromatic carbocycles. The van der Waals surface area contributed by atoms with Crippen molar-refractivity contribution in [3.05, 3.63) is 0 Å². The maximum atomic E-state index is 13.3. The summed E-state index contributed by atoms with van der Waals surface area (Å²) in [6.45, 7) is 0.0661. The van der Waals surface area contributed by atoms with Crippen LogP contribution in [0.2, 0.25) is 0 Å². The molecule has 22 heavy (non-hydrogen) atoms. The van der Waals surface area contributed by atoms with E-state index in [0.29, 0.717) is 11.8 Å². The number of carbonyl (C=O) groups excluding carboxylic acids is 1. The van der Waals surface area contributed by atoms with Crippen LogP contribution in [0.15, 0.2) is 0 Å². The molecule has 3 rings (SSSR count). The van der Waals surface area contributed by atoms with Crippen LogP contribution in [0, 0.1) is 23.2 Å². The summed E-state index contributed by atoms with van der Waals surface area (Å²) in [5.74, 6) is -0.00334. The van der Waals surface area contributed by atoms with Crippen LogP contribution in [0.5, 0.6) is 0 Å². The van der Waals surface area contributed by atoms with Crippen LogP contribution in [-0.2, 0) is 14.9 Å². The van der Waals surface area contributed by atoms with E-state index in [4.69, 9.17) is 4.55 Å². The third-order valence-electron chi connectivity index (χ3n) is 5.92. The third-order valence-corrected chi connectivity index (χ3v) is 6.76. The smallest absolute Gasteiger partial charge is 0.349 e. The Balaban J connectivity index is 1.68. The van der Waals surface area contributed by atoms with Crippen molar-refractivity contribution in [2.75, 3.05) is 6.54 Å². The SMILES string of the molecule is O=C(NCC12CCC3CCC(CC3C1)C2)C(F)(F)S(=O)(=O)O. The van der Waals surface area contributed by atoms with Gasteiger partial charge < -0.3 is 5.32 Å². The molecule has 0 aromatic rings. The van der Waals surface area contributed by atoms with Crippen LogP contribution in [0.25, 0.3) is 0 Å². The minimum absolute atomic E-state index is 0.0661. The van der Waals surface area contributed by atoms with E-state index in [0.717, 1.165) is 38.0 Å². The second kappa shape index (κ2) is 5.12. The van der Waals surface area contributed by atoms with E-state index in [-0.39, 0.29) is 12.0 Å². The Hall–Kier alpha value is -0.760. The summed E-state index contributed by atoms with van der Waals surface area (Å²) in [6.07, 6.45) is 7.39. The zero-order chi connectivity index (χ0) is 16.2. The molecule has 0 radical (unpaired) electrons. The van der Waals surface area contributed by atoms with Crippen molar-refractivity contribution in [3.63, 3.8) is 0 Å². The molecule has 126 valence electrons. The highest BCUT2D eigenvalue weighted by atomic mass is 32.2. The first-order valence-corrected chi connectivity index (χ1v) is 9.20. The minimum atomic E-state index is -5.73. The zero-order valence-corrected chi connectivity index (χ0v) is 13.0. The largest absolute Gasteiger partial charge is 0.446 e. The Bertz CT molecular complexity index is 575. The first-order valence-electron chi connectivity index (χ1n) is 7.76. The summed E-state index contributed by atoms with van der Waals surface area (Å²) in [5.41, 5.74) is -0.185. The van der Waals surface area contributed by atoms with Gasteiger partial charge in [-0.2, -0.15) is 17.2 Å². The molecule has 5 nitrogen and oxygen atoms in total. The topological polar surface area (TPSA) is 83.5 Å². The van der Waals surface area contributed by atoms with Crippen molar-refractivity contribution in [2.24, 2.45) is 23.2 Å². The number of halogens is 2. The fourth-order valence-electron chi connectivity index (χ4n) is 4.91. The summed E-state index contributed by atoms with van der Waals surface area (Å²) < 4.78 is 56.3. The Morgan fingerprint density at radius 3 is 2.64 bits per heavy atom. The van der Waals surface area contributed by atoms with Crippen molar-refractivity contribution in [2.45, 2.75) is 50.2 Å². The fraction of sp³-hybridized carbons (Fsp3) is 0.929. The van der Waals surface area contributed by atoms with E-state index < -0.39 is 21.3 Å². The van der Waals surface area contributed by atoms with Gasteiger partial charge in [-0.05, 0) is 61.7 Å². The monoisotopic (exact) mass is 337 g/mol. The molecule has 3 fully saturated rings. The molecule has 0 aromatic heterocycles. The van der Waals surface area contributed by atoms with Crippen LogP contribution in [0.1, 0.15) is 44.9 Å². The quantitative estimate of drug-likeness (QED) is 0.770. The van der Waals surface area contributed by atoms with Crippen LogP contribution in [0.3, 0.4) is 0 Å². The third kappa shape index (κ3) is 2.64. The second-order valence-corrected chi connectivity index (χ2v) is 8.78. The van der Waals surface area contributed by atoms with Crippen LogP contribution >= 0.6 is 0 Å². The van der Waals surface area contributed by atoms with Gasteiger partial charge in [-0.1, -0.05) is 6.42 Å². The number of hydrogen-bond donors (Lipinski definition) is 2. The van der Waals surface area contributed by atoms with E-state index in [9.17, 15) is 22.0 Å². The van der Waals surface area contributed by atoms with E-state index >= 15 is 0 Å². The van der Waals surface area contributed by atoms with Crippen molar-refractivity contribution in [3.8, 4) is 0 Å². The van der Waals surface area contributed by atoms with Gasteiger partial charge >= 0.3 is 21.3 Å². The highest BCUT2D eigenvalue weighted by Gasteiger charge is 2.54. The molecule has 8 heteroatoms. The fourth-order valence-corrected chi connectivity index (χ4v) is 5.21. The number of nitrogens with one attached hydrogen (secondary N) is 1. The molecule has 1 amide bonds. The standard InChI is InChI=1S/C14H21F2NO4S/c15-14(16,22(19,20)21)12(18)17-8-13-4-3-10-2-1-9(6-13)5-11(10)7-13/h9-11H,1-8H2,(H,17,18)(H,19,20,21). The van der Waals surface area contributed by atoms with Gasteiger partial charge in [0.05, 0.1) is 0 Å². The normalized spacial score (nSPS) is 37.9. The van der Waals surface area contributed by atoms with Gasteiger partial charge in [0.15, 0.2) is 0 Å². The lowest BCUT2D eigenvalue weighted by Crippen LogP contribution is -2.53. The van der Waals surface area contributed by atoms with Gasteiger partial charge in [0.1, 0.15) is 0 Å². The van der Waals surface area contributed by atoms with Crippen molar-refractivity contribution < 1.29 is 26.5 Å². The average molecular weight is 337 g/mol. The molecular formula is C14H21F2NO4S. The summed E-state index contributed by atoms with van der Waals surface area (Å²) in [6, 6.07) is 0. The molecule has 4 unspecified atom stereocenters. The Morgan fingerprint density at radius 1 is 1.23 bits per heavy atom. The Morgan fingerprint density at radius 2 is 1.95 bits per heavy atom. The zero-order valence-electron chi connectivity index (χ0n) is 12.2. The molecule has 0 spiro atoms. The number of carbonyl (C=O) groups is 1. The van der Waals surface area contributed by atoms with Crippen LogP contribution in [-0.4, -0.2) is 30.7 Å². The van der Waals surface area contributed by atoms with Gasteiger partial charge in [-0.25, -0.2) is 0 Å². The van der Waals surface area contributed by atoms with Gasteiger partial charge in [-0.3, -0.25) is 9.35 Å². The van der Waals surface area contributed by atoms with Crippen LogP contribution < -0.4 is 5.32 Å². The Kier molecular flexibility index (Phi) is 3.75. The maximum Gasteiger partial charge on any atom is 0.446 e. The molecule has 3 aliphatic carbocycles. The first-order chi connectivity index (χ1) is 10.1. The highest BCUT2D eigenvalue weighted by molar-refractivity contribution is 7.87. The summed E-state index contributed by atoms with van der Waals surface area (Å²) in [7, 11) is -5.73. The number of amides is 1. The summed E-state index contributed by atoms with van der Waals surface area (Å²) in [4.78, 5) is 11.5. The lowest BCUT2D eigenvalue weighted by molar-refractivity contribution is -0.137. The van der Waals surface area contributed by atoms with Crippen molar-refractivity contribution in [1.82, 2.24) is 5.32 Å². The molecule has 3 saturated carbocycles. The summed E-state index contributed by atoms with van der Waals surface area (Å²) in [5, 5.41) is -2.71. The van der Waals surface area contributed by atoms with Gasteiger partial charge in [0.25, 0.3) is 0 Å². The van der Waals surface area contributed by atoms with E-state index in [1.54, 1.807) is 0 Å². The molecule has 0 heterocycles. The number of fused-ring (bicyclic) bond motifs is 2. The van der Waals surface area contributed by atoms with Crippen LogP contribution in [0.4, 0.5) is 8.78 Å². The molecule has 2 N–H and O–H groups in total. The van der Waals surface area contributed by atoms with Gasteiger partial charge in [-0.15, -0.1) is 0 Å². The Labute approximate surface area is 128 Å². The number of hydrogen-bond acceptors (Lipinski definition) is 3. The predicted molar refractivity (Wildman–Crippen MR) is 74.7 cm³/mol. The lowest BCUT2D eigenvalue weighted by atomic mass is 9.51. The van der Waals surface area contributed by atoms with E-state index in [1.165, 1.54) is 12.8 Å². The number of alkyl halides is 2. The minimum Gasteiger partial charge on any atom is -0.349 e. The molecule has 3 aliphatic rings. The van der Waals surface area contributed by atoms with Gasteiger partial charge in [0.2, 0.25) is 0 Å². The molecule has 0 aliphatic heterocycles. The molecule has 0 saturated heterocycles. The number of rotatable bonds is 4. The van der Waals surface area contributed by atoms with Gasteiger partial charge in [0, 0.05) is 6.54 Å². The lowest BCUT2D eigenvalue weighted by Gasteiger charge is -2.55. The van der Waals surface area contributed by atoms with Crippen molar-refractivity contribution >= 4 is 16.0 Å². The first kappa shape index (κ1) is 16.1. The molecular weight excluding hydrogens is 316 g/mol. The van der Waals surface area contributed by atoms with Crippen molar-refractivity contribution in [1.29, 1.82) is 0 Å². The average Bonchev–Trinajstić information content (AvgIpc) is 2.41.